The topological polar surface area (TPSA) is 35.5 Å². The molecule has 0 radical (unpaired) electrons. The molecule has 0 saturated heterocycles. The lowest BCUT2D eigenvalue weighted by molar-refractivity contribution is -0.286. The van der Waals surface area contributed by atoms with Crippen molar-refractivity contribution in [3.05, 3.63) is 78.9 Å². The van der Waals surface area contributed by atoms with Gasteiger partial charge in [0.25, 0.3) is 0 Å². The molecule has 0 bridgehead atoms. The van der Waals surface area contributed by atoms with E-state index in [1.807, 2.05) is 12.1 Å². The minimum atomic E-state index is -3.70. The Balaban J connectivity index is 1.91. The van der Waals surface area contributed by atoms with Crippen LogP contribution in [0.2, 0.25) is 0 Å². The smallest absolute Gasteiger partial charge is 0.395 e. The lowest BCUT2D eigenvalue weighted by atomic mass is 10.3. The van der Waals surface area contributed by atoms with Crippen molar-refractivity contribution in [2.75, 3.05) is 0 Å². The minimum absolute atomic E-state index is 0.0681. The van der Waals surface area contributed by atoms with Crippen molar-refractivity contribution in [3.8, 4) is 11.5 Å². The normalized spacial score (nSPS) is 15.1. The summed E-state index contributed by atoms with van der Waals surface area (Å²) < 4.78 is 49.6. The van der Waals surface area contributed by atoms with E-state index >= 15 is 0 Å². The first-order valence-electron chi connectivity index (χ1n) is 7.61. The Morgan fingerprint density at radius 3 is 1.76 bits per heavy atom. The highest BCUT2D eigenvalue weighted by Crippen LogP contribution is 2.46. The molecule has 0 aliphatic carbocycles. The van der Waals surface area contributed by atoms with Crippen molar-refractivity contribution in [3.63, 3.8) is 0 Å². The second kappa shape index (κ2) is 5.71. The molecule has 3 aromatic carbocycles. The van der Waals surface area contributed by atoms with Crippen LogP contribution in [0.1, 0.15) is 0 Å². The summed E-state index contributed by atoms with van der Waals surface area (Å²) in [5.41, 5.74) is 0. The molecule has 0 fully saturated rings. The predicted molar refractivity (Wildman–Crippen MR) is 92.0 cm³/mol. The van der Waals surface area contributed by atoms with Crippen LogP contribution >= 0.6 is 7.14 Å². The van der Waals surface area contributed by atoms with Gasteiger partial charge in [0.15, 0.2) is 18.6 Å². The number of fused-ring (bicyclic) bond motifs is 1. The van der Waals surface area contributed by atoms with Crippen molar-refractivity contribution in [2.24, 2.45) is 0 Å². The number of alkyl halides is 2. The maximum absolute atomic E-state index is 14.1. The molecule has 3 nitrogen and oxygen atoms in total. The third kappa shape index (κ3) is 2.71. The monoisotopic (exact) mass is 358 g/mol. The van der Waals surface area contributed by atoms with Crippen molar-refractivity contribution >= 4 is 23.1 Å². The van der Waals surface area contributed by atoms with Crippen LogP contribution in [0, 0.1) is 0 Å². The minimum Gasteiger partial charge on any atom is -0.395 e. The van der Waals surface area contributed by atoms with Crippen molar-refractivity contribution < 1.29 is 22.8 Å². The molecule has 126 valence electrons. The molecule has 6 heteroatoms. The standard InChI is InChI=1S/C19H13F2O3P/c20-19(21)23-17-12-11-16(13-18(17)24-19)25(22,14-7-3-1-4-8-14)15-9-5-2-6-10-15/h1-13H. The zero-order valence-electron chi connectivity index (χ0n) is 12.9. The molecule has 1 heterocycles. The van der Waals surface area contributed by atoms with E-state index in [1.165, 1.54) is 12.1 Å². The van der Waals surface area contributed by atoms with E-state index < -0.39 is 13.4 Å². The van der Waals surface area contributed by atoms with Gasteiger partial charge in [-0.05, 0) is 18.2 Å². The molecule has 3 aromatic rings. The van der Waals surface area contributed by atoms with Crippen LogP contribution in [0.3, 0.4) is 0 Å². The SMILES string of the molecule is O=P(c1ccccc1)(c1ccccc1)c1ccc2c(c1)OC(F)(F)O2. The number of hydrogen-bond acceptors (Lipinski definition) is 3. The van der Waals surface area contributed by atoms with Gasteiger partial charge in [0, 0.05) is 15.9 Å². The number of hydrogen-bond donors (Lipinski definition) is 0. The zero-order chi connectivity index (χ0) is 17.5. The largest absolute Gasteiger partial charge is 0.586 e. The fourth-order valence-electron chi connectivity index (χ4n) is 2.86. The maximum atomic E-state index is 14.1. The number of benzene rings is 3. The van der Waals surface area contributed by atoms with Crippen molar-refractivity contribution in [1.82, 2.24) is 0 Å². The van der Waals surface area contributed by atoms with Crippen LogP contribution in [0.15, 0.2) is 78.9 Å². The first-order chi connectivity index (χ1) is 12.0. The third-order valence-electron chi connectivity index (χ3n) is 3.99. The second-order valence-electron chi connectivity index (χ2n) is 5.58. The average molecular weight is 358 g/mol. The van der Waals surface area contributed by atoms with Gasteiger partial charge in [-0.25, -0.2) is 0 Å². The summed E-state index contributed by atoms with van der Waals surface area (Å²) in [7, 11) is -3.23. The lowest BCUT2D eigenvalue weighted by Crippen LogP contribution is -2.26. The van der Waals surface area contributed by atoms with Gasteiger partial charge < -0.3 is 14.0 Å². The Hall–Kier alpha value is -2.65. The van der Waals surface area contributed by atoms with E-state index in [1.54, 1.807) is 54.6 Å². The fourth-order valence-corrected chi connectivity index (χ4v) is 5.52. The summed E-state index contributed by atoms with van der Waals surface area (Å²) in [5.74, 6) is -0.184. The van der Waals surface area contributed by atoms with E-state index in [4.69, 9.17) is 0 Å². The molecule has 0 saturated carbocycles. The zero-order valence-corrected chi connectivity index (χ0v) is 13.8. The molecule has 0 unspecified atom stereocenters. The van der Waals surface area contributed by atoms with Crippen LogP contribution in [0.25, 0.3) is 0 Å². The Labute approximate surface area is 143 Å². The Morgan fingerprint density at radius 1 is 0.680 bits per heavy atom. The van der Waals surface area contributed by atoms with E-state index in [0.717, 1.165) is 0 Å². The fraction of sp³-hybridized carbons (Fsp3) is 0.0526. The van der Waals surface area contributed by atoms with Gasteiger partial charge in [-0.3, -0.25) is 0 Å². The maximum Gasteiger partial charge on any atom is 0.586 e. The summed E-state index contributed by atoms with van der Waals surface area (Å²) in [4.78, 5) is 0. The molecule has 1 aliphatic heterocycles. The highest BCUT2D eigenvalue weighted by molar-refractivity contribution is 7.85. The van der Waals surface area contributed by atoms with Gasteiger partial charge >= 0.3 is 6.29 Å². The Morgan fingerprint density at radius 2 is 1.20 bits per heavy atom. The van der Waals surface area contributed by atoms with E-state index in [0.29, 0.717) is 15.9 Å². The molecule has 0 N–H and O–H groups in total. The molecular formula is C19H13F2O3P. The summed E-state index contributed by atoms with van der Waals surface area (Å²) >= 11 is 0. The summed E-state index contributed by atoms with van der Waals surface area (Å²) in [5, 5.41) is 1.64. The van der Waals surface area contributed by atoms with Gasteiger partial charge in [0.05, 0.1) is 0 Å². The highest BCUT2D eigenvalue weighted by Gasteiger charge is 2.44. The van der Waals surface area contributed by atoms with Crippen LogP contribution in [0.4, 0.5) is 8.78 Å². The predicted octanol–water partition coefficient (Wildman–Crippen LogP) is 3.65. The van der Waals surface area contributed by atoms with Crippen LogP contribution < -0.4 is 25.4 Å². The van der Waals surface area contributed by atoms with Crippen LogP contribution in [0.5, 0.6) is 11.5 Å². The molecular weight excluding hydrogens is 345 g/mol. The molecule has 0 amide bonds. The van der Waals surface area contributed by atoms with Crippen molar-refractivity contribution in [1.29, 1.82) is 0 Å². The second-order valence-corrected chi connectivity index (χ2v) is 8.35. The van der Waals surface area contributed by atoms with Crippen LogP contribution in [-0.4, -0.2) is 6.29 Å². The molecule has 1 aliphatic rings. The Kier molecular flexibility index (Phi) is 3.62. The molecule has 0 aromatic heterocycles. The average Bonchev–Trinajstić information content (AvgIpc) is 2.95. The van der Waals surface area contributed by atoms with E-state index in [-0.39, 0.29) is 11.5 Å². The number of ether oxygens (including phenoxy) is 2. The van der Waals surface area contributed by atoms with Gasteiger partial charge in [-0.2, -0.15) is 0 Å². The van der Waals surface area contributed by atoms with Crippen molar-refractivity contribution in [2.45, 2.75) is 6.29 Å². The van der Waals surface area contributed by atoms with Gasteiger partial charge in [-0.15, -0.1) is 8.78 Å². The van der Waals surface area contributed by atoms with Gasteiger partial charge in [0.1, 0.15) is 0 Å². The van der Waals surface area contributed by atoms with Gasteiger partial charge in [0.2, 0.25) is 0 Å². The first-order valence-corrected chi connectivity index (χ1v) is 9.31. The molecule has 4 rings (SSSR count). The quantitative estimate of drug-likeness (QED) is 0.671. The summed E-state index contributed by atoms with van der Waals surface area (Å²) in [6, 6.07) is 22.2. The molecule has 0 spiro atoms. The first kappa shape index (κ1) is 15.9. The molecule has 25 heavy (non-hydrogen) atoms. The van der Waals surface area contributed by atoms with E-state index in [9.17, 15) is 13.3 Å². The number of halogens is 2. The van der Waals surface area contributed by atoms with Crippen LogP contribution in [-0.2, 0) is 4.57 Å². The molecule has 0 atom stereocenters. The highest BCUT2D eigenvalue weighted by atomic mass is 31.2. The summed E-state index contributed by atoms with van der Waals surface area (Å²) in [6.07, 6.45) is -3.70. The van der Waals surface area contributed by atoms with Gasteiger partial charge in [-0.1, -0.05) is 60.7 Å². The van der Waals surface area contributed by atoms with E-state index in [2.05, 4.69) is 9.47 Å². The number of rotatable bonds is 3. The lowest BCUT2D eigenvalue weighted by Gasteiger charge is -2.20. The summed E-state index contributed by atoms with van der Waals surface area (Å²) in [6.45, 7) is 0. The third-order valence-corrected chi connectivity index (χ3v) is 7.04. The Bertz CT molecular complexity index is 915.